The van der Waals surface area contributed by atoms with Gasteiger partial charge < -0.3 is 4.90 Å². The van der Waals surface area contributed by atoms with Gasteiger partial charge in [0.2, 0.25) is 0 Å². The smallest absolute Gasteiger partial charge is 0.366 e. The first-order chi connectivity index (χ1) is 9.64. The molecule has 0 saturated carbocycles. The molecule has 8 heteroatoms. The molecular formula is C13H15ClF3NO2S. The third-order valence-corrected chi connectivity index (χ3v) is 5.60. The normalized spacial score (nSPS) is 22.3. The molecule has 1 aromatic carbocycles. The predicted molar refractivity (Wildman–Crippen MR) is 76.5 cm³/mol. The molecule has 1 atom stereocenters. The summed E-state index contributed by atoms with van der Waals surface area (Å²) in [6.07, 6.45) is -4.51. The van der Waals surface area contributed by atoms with Crippen LogP contribution < -0.4 is 4.90 Å². The molecule has 1 aliphatic rings. The molecule has 3 nitrogen and oxygen atoms in total. The number of halogens is 4. The standard InChI is InChI=1S/C13H15ClF3NO2S/c1-9-8-21(19,20)5-4-18(9)12-3-2-10(7-14)6-11(12)13(15,16)17/h2-3,6,9H,4-5,7-8H2,1H3. The van der Waals surface area contributed by atoms with Crippen LogP contribution in [0, 0.1) is 0 Å². The highest BCUT2D eigenvalue weighted by atomic mass is 35.5. The van der Waals surface area contributed by atoms with Crippen LogP contribution in [0.5, 0.6) is 0 Å². The van der Waals surface area contributed by atoms with Gasteiger partial charge in [0, 0.05) is 24.2 Å². The molecular weight excluding hydrogens is 327 g/mol. The molecule has 0 N–H and O–H groups in total. The minimum atomic E-state index is -4.51. The summed E-state index contributed by atoms with van der Waals surface area (Å²) < 4.78 is 62.7. The van der Waals surface area contributed by atoms with Crippen molar-refractivity contribution in [1.29, 1.82) is 0 Å². The molecule has 0 aromatic heterocycles. The summed E-state index contributed by atoms with van der Waals surface area (Å²) in [6, 6.07) is 3.44. The second kappa shape index (κ2) is 5.68. The van der Waals surface area contributed by atoms with Crippen LogP contribution in [0.1, 0.15) is 18.1 Å². The van der Waals surface area contributed by atoms with Gasteiger partial charge in [-0.15, -0.1) is 11.6 Å². The molecule has 0 amide bonds. The zero-order chi connectivity index (χ0) is 15.8. The Kier molecular flexibility index (Phi) is 4.44. The van der Waals surface area contributed by atoms with E-state index in [0.717, 1.165) is 6.07 Å². The number of nitrogens with zero attached hydrogens (tertiary/aromatic N) is 1. The van der Waals surface area contributed by atoms with Gasteiger partial charge in [0.15, 0.2) is 9.84 Å². The summed E-state index contributed by atoms with van der Waals surface area (Å²) in [5.74, 6) is -0.277. The molecule has 0 radical (unpaired) electrons. The molecule has 0 spiro atoms. The maximum atomic E-state index is 13.2. The predicted octanol–water partition coefficient (Wildman–Crippen LogP) is 3.07. The topological polar surface area (TPSA) is 37.4 Å². The van der Waals surface area contributed by atoms with Gasteiger partial charge in [-0.25, -0.2) is 8.42 Å². The first-order valence-corrected chi connectivity index (χ1v) is 8.73. The fourth-order valence-corrected chi connectivity index (χ4v) is 4.22. The van der Waals surface area contributed by atoms with Crippen molar-refractivity contribution in [3.63, 3.8) is 0 Å². The van der Waals surface area contributed by atoms with E-state index in [2.05, 4.69) is 0 Å². The summed E-state index contributed by atoms with van der Waals surface area (Å²) >= 11 is 5.59. The van der Waals surface area contributed by atoms with Crippen LogP contribution in [-0.2, 0) is 21.9 Å². The number of rotatable bonds is 2. The minimum absolute atomic E-state index is 0.00665. The average molecular weight is 342 g/mol. The summed E-state index contributed by atoms with van der Waals surface area (Å²) in [7, 11) is -3.18. The van der Waals surface area contributed by atoms with Gasteiger partial charge in [-0.05, 0) is 24.6 Å². The monoisotopic (exact) mass is 341 g/mol. The first-order valence-electron chi connectivity index (χ1n) is 6.37. The van der Waals surface area contributed by atoms with Crippen LogP contribution in [0.15, 0.2) is 18.2 Å². The molecule has 2 rings (SSSR count). The van der Waals surface area contributed by atoms with Crippen LogP contribution in [0.3, 0.4) is 0 Å². The zero-order valence-electron chi connectivity index (χ0n) is 11.3. The lowest BCUT2D eigenvalue weighted by molar-refractivity contribution is -0.137. The average Bonchev–Trinajstić information content (AvgIpc) is 2.36. The number of hydrogen-bond acceptors (Lipinski definition) is 3. The third-order valence-electron chi connectivity index (χ3n) is 3.50. The summed E-state index contributed by atoms with van der Waals surface area (Å²) in [5.41, 5.74) is -0.379. The maximum Gasteiger partial charge on any atom is 0.418 e. The van der Waals surface area contributed by atoms with Gasteiger partial charge in [0.25, 0.3) is 0 Å². The number of alkyl halides is 4. The van der Waals surface area contributed by atoms with Gasteiger partial charge >= 0.3 is 6.18 Å². The van der Waals surface area contributed by atoms with Crippen LogP contribution in [0.25, 0.3) is 0 Å². The van der Waals surface area contributed by atoms with Gasteiger partial charge in [0.05, 0.1) is 17.1 Å². The Morgan fingerprint density at radius 1 is 1.38 bits per heavy atom. The molecule has 1 aromatic rings. The number of anilines is 1. The van der Waals surface area contributed by atoms with Gasteiger partial charge in [-0.3, -0.25) is 0 Å². The van der Waals surface area contributed by atoms with Crippen molar-refractivity contribution in [3.05, 3.63) is 29.3 Å². The zero-order valence-corrected chi connectivity index (χ0v) is 12.9. The van der Waals surface area contributed by atoms with E-state index in [9.17, 15) is 21.6 Å². The molecule has 118 valence electrons. The quantitative estimate of drug-likeness (QED) is 0.776. The highest BCUT2D eigenvalue weighted by Gasteiger charge is 2.38. The first kappa shape index (κ1) is 16.4. The van der Waals surface area contributed by atoms with Gasteiger partial charge in [0.1, 0.15) is 0 Å². The van der Waals surface area contributed by atoms with E-state index >= 15 is 0 Å². The summed E-state index contributed by atoms with van der Waals surface area (Å²) in [5, 5.41) is 0. The van der Waals surface area contributed by atoms with Crippen molar-refractivity contribution in [2.24, 2.45) is 0 Å². The van der Waals surface area contributed by atoms with Crippen LogP contribution in [-0.4, -0.2) is 32.5 Å². The second-order valence-electron chi connectivity index (χ2n) is 5.14. The van der Waals surface area contributed by atoms with Crippen molar-refractivity contribution in [2.75, 3.05) is 23.0 Å². The SMILES string of the molecule is CC1CS(=O)(=O)CCN1c1ccc(CCl)cc1C(F)(F)F. The van der Waals surface area contributed by atoms with E-state index < -0.39 is 27.6 Å². The Balaban J connectivity index is 2.44. The third kappa shape index (κ3) is 3.63. The molecule has 1 fully saturated rings. The van der Waals surface area contributed by atoms with Crippen molar-refractivity contribution in [3.8, 4) is 0 Å². The molecule has 1 unspecified atom stereocenters. The molecule has 0 aliphatic carbocycles. The highest BCUT2D eigenvalue weighted by Crippen LogP contribution is 2.38. The second-order valence-corrected chi connectivity index (χ2v) is 7.64. The number of sulfone groups is 1. The van der Waals surface area contributed by atoms with Crippen molar-refractivity contribution >= 4 is 27.1 Å². The van der Waals surface area contributed by atoms with Crippen LogP contribution in [0.4, 0.5) is 18.9 Å². The van der Waals surface area contributed by atoms with E-state index in [-0.39, 0.29) is 29.6 Å². The lowest BCUT2D eigenvalue weighted by Gasteiger charge is -2.36. The van der Waals surface area contributed by atoms with E-state index in [0.29, 0.717) is 5.56 Å². The van der Waals surface area contributed by atoms with Crippen molar-refractivity contribution in [2.45, 2.75) is 25.0 Å². The van der Waals surface area contributed by atoms with Crippen LogP contribution >= 0.6 is 11.6 Å². The molecule has 21 heavy (non-hydrogen) atoms. The fourth-order valence-electron chi connectivity index (χ4n) is 2.50. The lowest BCUT2D eigenvalue weighted by atomic mass is 10.1. The number of hydrogen-bond donors (Lipinski definition) is 0. The Morgan fingerprint density at radius 3 is 2.57 bits per heavy atom. The summed E-state index contributed by atoms with van der Waals surface area (Å²) in [4.78, 5) is 1.50. The van der Waals surface area contributed by atoms with E-state index in [4.69, 9.17) is 11.6 Å². The Hall–Kier alpha value is -0.950. The minimum Gasteiger partial charge on any atom is -0.366 e. The Morgan fingerprint density at radius 2 is 2.05 bits per heavy atom. The van der Waals surface area contributed by atoms with E-state index in [1.807, 2.05) is 0 Å². The van der Waals surface area contributed by atoms with Crippen LogP contribution in [0.2, 0.25) is 0 Å². The Bertz CT molecular complexity index is 631. The van der Waals surface area contributed by atoms with E-state index in [1.165, 1.54) is 17.0 Å². The summed E-state index contributed by atoms with van der Waals surface area (Å²) in [6.45, 7) is 1.68. The van der Waals surface area contributed by atoms with Crippen molar-refractivity contribution in [1.82, 2.24) is 0 Å². The fraction of sp³-hybridized carbons (Fsp3) is 0.538. The lowest BCUT2D eigenvalue weighted by Crippen LogP contribution is -2.47. The highest BCUT2D eigenvalue weighted by molar-refractivity contribution is 7.91. The number of benzene rings is 1. The molecule has 1 saturated heterocycles. The molecule has 1 heterocycles. The van der Waals surface area contributed by atoms with Gasteiger partial charge in [-0.2, -0.15) is 13.2 Å². The van der Waals surface area contributed by atoms with Gasteiger partial charge in [-0.1, -0.05) is 6.07 Å². The Labute approximate surface area is 126 Å². The van der Waals surface area contributed by atoms with Crippen molar-refractivity contribution < 1.29 is 21.6 Å². The molecule has 1 aliphatic heterocycles. The van der Waals surface area contributed by atoms with E-state index in [1.54, 1.807) is 6.92 Å². The molecule has 0 bridgehead atoms. The maximum absolute atomic E-state index is 13.2. The largest absolute Gasteiger partial charge is 0.418 e.